The third kappa shape index (κ3) is 4.64. The first kappa shape index (κ1) is 14.6. The molecule has 2 atom stereocenters. The van der Waals surface area contributed by atoms with Crippen molar-refractivity contribution in [3.05, 3.63) is 24.2 Å². The van der Waals surface area contributed by atoms with E-state index in [2.05, 4.69) is 23.2 Å². The fourth-order valence-electron chi connectivity index (χ4n) is 2.74. The highest BCUT2D eigenvalue weighted by Crippen LogP contribution is 2.13. The van der Waals surface area contributed by atoms with Gasteiger partial charge in [0.05, 0.1) is 12.9 Å². The summed E-state index contributed by atoms with van der Waals surface area (Å²) in [5, 5.41) is 3.57. The second-order valence-electron chi connectivity index (χ2n) is 5.41. The lowest BCUT2D eigenvalue weighted by atomic mass is 10.1. The van der Waals surface area contributed by atoms with Crippen LogP contribution < -0.4 is 5.32 Å². The Bertz CT molecular complexity index is 334. The Morgan fingerprint density at radius 2 is 2.47 bits per heavy atom. The molecule has 0 aromatic carbocycles. The molecule has 0 aliphatic carbocycles. The molecule has 2 unspecified atom stereocenters. The Morgan fingerprint density at radius 1 is 1.58 bits per heavy atom. The minimum absolute atomic E-state index is 0.476. The predicted molar refractivity (Wildman–Crippen MR) is 76.3 cm³/mol. The van der Waals surface area contributed by atoms with Gasteiger partial charge in [0.2, 0.25) is 0 Å². The zero-order valence-corrected chi connectivity index (χ0v) is 12.1. The highest BCUT2D eigenvalue weighted by atomic mass is 16.5. The van der Waals surface area contributed by atoms with E-state index < -0.39 is 0 Å². The maximum absolute atomic E-state index is 5.46. The smallest absolute Gasteiger partial charge is 0.105 e. The second-order valence-corrected chi connectivity index (χ2v) is 5.41. The molecule has 0 radical (unpaired) electrons. The van der Waals surface area contributed by atoms with E-state index in [4.69, 9.17) is 9.15 Å². The van der Waals surface area contributed by atoms with Crippen molar-refractivity contribution in [3.8, 4) is 0 Å². The number of hydrogen-bond donors (Lipinski definition) is 1. The number of rotatable bonds is 8. The van der Waals surface area contributed by atoms with Crippen molar-refractivity contribution in [2.24, 2.45) is 0 Å². The van der Waals surface area contributed by atoms with Gasteiger partial charge in [0, 0.05) is 38.7 Å². The average Bonchev–Trinajstić information content (AvgIpc) is 3.07. The molecule has 0 amide bonds. The van der Waals surface area contributed by atoms with Crippen LogP contribution in [0, 0.1) is 0 Å². The molecule has 0 bridgehead atoms. The predicted octanol–water partition coefficient (Wildman–Crippen LogP) is 1.91. The van der Waals surface area contributed by atoms with Gasteiger partial charge in [-0.15, -0.1) is 0 Å². The normalized spacial score (nSPS) is 21.1. The van der Waals surface area contributed by atoms with Crippen LogP contribution in [0.2, 0.25) is 0 Å². The van der Waals surface area contributed by atoms with Crippen molar-refractivity contribution < 1.29 is 9.15 Å². The van der Waals surface area contributed by atoms with Crippen LogP contribution in [-0.2, 0) is 11.2 Å². The topological polar surface area (TPSA) is 37.6 Å². The average molecular weight is 266 g/mol. The largest absolute Gasteiger partial charge is 0.469 e. The summed E-state index contributed by atoms with van der Waals surface area (Å²) in [6.07, 6.45) is 5.30. The first-order valence-electron chi connectivity index (χ1n) is 7.28. The summed E-state index contributed by atoms with van der Waals surface area (Å²) in [5.41, 5.74) is 0. The van der Waals surface area contributed by atoms with E-state index in [1.165, 1.54) is 12.8 Å². The second kappa shape index (κ2) is 7.68. The molecule has 2 heterocycles. The first-order chi connectivity index (χ1) is 9.29. The lowest BCUT2D eigenvalue weighted by molar-refractivity contribution is 0.115. The van der Waals surface area contributed by atoms with Crippen LogP contribution in [0.3, 0.4) is 0 Å². The molecule has 4 nitrogen and oxygen atoms in total. The molecule has 1 aliphatic heterocycles. The fourth-order valence-corrected chi connectivity index (χ4v) is 2.74. The van der Waals surface area contributed by atoms with Gasteiger partial charge in [-0.25, -0.2) is 0 Å². The van der Waals surface area contributed by atoms with Crippen molar-refractivity contribution in [2.45, 2.75) is 38.3 Å². The molecule has 0 saturated carbocycles. The number of nitrogens with zero attached hydrogens (tertiary/aromatic N) is 1. The SMILES string of the molecule is COCCN(CC1CCCN1)C(C)Cc1ccco1. The molecule has 1 N–H and O–H groups in total. The van der Waals surface area contributed by atoms with Crippen LogP contribution >= 0.6 is 0 Å². The molecule has 1 fully saturated rings. The van der Waals surface area contributed by atoms with E-state index >= 15 is 0 Å². The highest BCUT2D eigenvalue weighted by molar-refractivity contribution is 5.00. The monoisotopic (exact) mass is 266 g/mol. The van der Waals surface area contributed by atoms with Gasteiger partial charge in [0.15, 0.2) is 0 Å². The van der Waals surface area contributed by atoms with Gasteiger partial charge in [0.25, 0.3) is 0 Å². The Hall–Kier alpha value is -0.840. The molecule has 1 aliphatic rings. The molecule has 1 saturated heterocycles. The minimum atomic E-state index is 0.476. The third-order valence-electron chi connectivity index (χ3n) is 3.90. The van der Waals surface area contributed by atoms with Crippen LogP contribution in [0.4, 0.5) is 0 Å². The van der Waals surface area contributed by atoms with Crippen molar-refractivity contribution in [1.29, 1.82) is 0 Å². The van der Waals surface area contributed by atoms with Crippen LogP contribution in [-0.4, -0.2) is 50.3 Å². The zero-order valence-electron chi connectivity index (χ0n) is 12.1. The minimum Gasteiger partial charge on any atom is -0.469 e. The van der Waals surface area contributed by atoms with Gasteiger partial charge in [-0.1, -0.05) is 0 Å². The summed E-state index contributed by atoms with van der Waals surface area (Å²) in [6.45, 7) is 6.31. The number of nitrogens with one attached hydrogen (secondary N) is 1. The van der Waals surface area contributed by atoms with Crippen LogP contribution in [0.25, 0.3) is 0 Å². The summed E-state index contributed by atoms with van der Waals surface area (Å²) in [5.74, 6) is 1.06. The van der Waals surface area contributed by atoms with Gasteiger partial charge >= 0.3 is 0 Å². The summed E-state index contributed by atoms with van der Waals surface area (Å²) < 4.78 is 10.7. The van der Waals surface area contributed by atoms with Crippen molar-refractivity contribution in [2.75, 3.05) is 33.4 Å². The summed E-state index contributed by atoms with van der Waals surface area (Å²) in [4.78, 5) is 2.51. The summed E-state index contributed by atoms with van der Waals surface area (Å²) in [7, 11) is 1.77. The number of ether oxygens (including phenoxy) is 1. The van der Waals surface area contributed by atoms with Crippen molar-refractivity contribution in [3.63, 3.8) is 0 Å². The van der Waals surface area contributed by atoms with E-state index in [0.717, 1.165) is 38.4 Å². The molecule has 4 heteroatoms. The molecule has 1 aromatic heterocycles. The quantitative estimate of drug-likeness (QED) is 0.780. The molecule has 0 spiro atoms. The molecule has 1 aromatic rings. The standard InChI is InChI=1S/C15H26N2O2/c1-13(11-15-6-4-9-19-15)17(8-10-18-2)12-14-5-3-7-16-14/h4,6,9,13-14,16H,3,5,7-8,10-12H2,1-2H3. The Labute approximate surface area is 116 Å². The summed E-state index contributed by atoms with van der Waals surface area (Å²) in [6, 6.07) is 5.12. The van der Waals surface area contributed by atoms with E-state index in [9.17, 15) is 0 Å². The van der Waals surface area contributed by atoms with E-state index in [-0.39, 0.29) is 0 Å². The van der Waals surface area contributed by atoms with Gasteiger partial charge < -0.3 is 14.5 Å². The highest BCUT2D eigenvalue weighted by Gasteiger charge is 2.21. The number of methoxy groups -OCH3 is 1. The summed E-state index contributed by atoms with van der Waals surface area (Å²) >= 11 is 0. The lowest BCUT2D eigenvalue weighted by Crippen LogP contribution is -2.44. The van der Waals surface area contributed by atoms with Gasteiger partial charge in [-0.2, -0.15) is 0 Å². The van der Waals surface area contributed by atoms with Crippen LogP contribution in [0.15, 0.2) is 22.8 Å². The number of hydrogen-bond acceptors (Lipinski definition) is 4. The number of furan rings is 1. The lowest BCUT2D eigenvalue weighted by Gasteiger charge is -2.31. The third-order valence-corrected chi connectivity index (χ3v) is 3.90. The molecule has 19 heavy (non-hydrogen) atoms. The molecule has 108 valence electrons. The molecular formula is C15H26N2O2. The van der Waals surface area contributed by atoms with Crippen molar-refractivity contribution in [1.82, 2.24) is 10.2 Å². The van der Waals surface area contributed by atoms with Gasteiger partial charge in [-0.3, -0.25) is 4.90 Å². The first-order valence-corrected chi connectivity index (χ1v) is 7.28. The van der Waals surface area contributed by atoms with Crippen LogP contribution in [0.5, 0.6) is 0 Å². The van der Waals surface area contributed by atoms with Crippen LogP contribution in [0.1, 0.15) is 25.5 Å². The fraction of sp³-hybridized carbons (Fsp3) is 0.733. The van der Waals surface area contributed by atoms with Crippen molar-refractivity contribution >= 4 is 0 Å². The Kier molecular flexibility index (Phi) is 5.89. The van der Waals surface area contributed by atoms with E-state index in [1.807, 2.05) is 6.07 Å². The zero-order chi connectivity index (χ0) is 13.5. The Morgan fingerprint density at radius 3 is 3.11 bits per heavy atom. The van der Waals surface area contributed by atoms with Gasteiger partial charge in [0.1, 0.15) is 5.76 Å². The molecule has 2 rings (SSSR count). The van der Waals surface area contributed by atoms with E-state index in [0.29, 0.717) is 12.1 Å². The maximum Gasteiger partial charge on any atom is 0.105 e. The van der Waals surface area contributed by atoms with Gasteiger partial charge in [-0.05, 0) is 38.4 Å². The van der Waals surface area contributed by atoms with E-state index in [1.54, 1.807) is 13.4 Å². The Balaban J connectivity index is 1.86. The molecular weight excluding hydrogens is 240 g/mol. The maximum atomic E-state index is 5.46.